The van der Waals surface area contributed by atoms with Crippen LogP contribution in [0, 0.1) is 10.1 Å². The predicted molar refractivity (Wildman–Crippen MR) is 85.9 cm³/mol. The molecule has 24 heavy (non-hydrogen) atoms. The van der Waals surface area contributed by atoms with E-state index in [-0.39, 0.29) is 19.2 Å². The summed E-state index contributed by atoms with van der Waals surface area (Å²) in [6.07, 6.45) is 0. The first-order valence-corrected chi connectivity index (χ1v) is 7.29. The van der Waals surface area contributed by atoms with Crippen molar-refractivity contribution in [3.8, 4) is 5.75 Å². The second kappa shape index (κ2) is 6.91. The van der Waals surface area contributed by atoms with Crippen LogP contribution in [0.2, 0.25) is 0 Å². The average molecular weight is 328 g/mol. The van der Waals surface area contributed by atoms with Gasteiger partial charge in [0.2, 0.25) is 6.73 Å². The number of hydrogen-bond donors (Lipinski definition) is 0. The molecule has 0 aromatic heterocycles. The second-order valence-corrected chi connectivity index (χ2v) is 5.05. The summed E-state index contributed by atoms with van der Waals surface area (Å²) in [4.78, 5) is 11.2. The molecule has 0 saturated carbocycles. The molecular weight excluding hydrogens is 312 g/mol. The van der Waals surface area contributed by atoms with Crippen molar-refractivity contribution >= 4 is 5.76 Å². The van der Waals surface area contributed by atoms with Crippen molar-refractivity contribution < 1.29 is 19.2 Å². The summed E-state index contributed by atoms with van der Waals surface area (Å²) in [5.74, 6) is 1.12. The summed E-state index contributed by atoms with van der Waals surface area (Å²) in [6.45, 7) is 0.0159. The van der Waals surface area contributed by atoms with Gasteiger partial charge < -0.3 is 14.2 Å². The molecule has 1 aliphatic heterocycles. The maximum atomic E-state index is 11.2. The minimum atomic E-state index is -0.545. The lowest BCUT2D eigenvalue weighted by Gasteiger charge is -2.11. The molecule has 1 heterocycles. The van der Waals surface area contributed by atoms with Gasteiger partial charge in [-0.2, -0.15) is 0 Å². The molecule has 0 fully saturated rings. The molecule has 1 aliphatic rings. The molecule has 0 unspecified atom stereocenters. The maximum absolute atomic E-state index is 11.2. The smallest absolute Gasteiger partial charge is 0.300 e. The van der Waals surface area contributed by atoms with Gasteiger partial charge >= 0.3 is 5.88 Å². The van der Waals surface area contributed by atoms with Crippen molar-refractivity contribution in [1.29, 1.82) is 0 Å². The van der Waals surface area contributed by atoms with Crippen LogP contribution in [-0.4, -0.2) is 23.9 Å². The number of nitro groups is 1. The number of nitrogens with zero attached hydrogens (tertiary/aromatic N) is 2. The van der Waals surface area contributed by atoms with E-state index >= 15 is 0 Å². The van der Waals surface area contributed by atoms with E-state index in [1.165, 1.54) is 0 Å². The van der Waals surface area contributed by atoms with Gasteiger partial charge in [-0.25, -0.2) is 10.1 Å². The molecule has 2 aromatic rings. The number of methoxy groups -OCH3 is 1. The Balaban J connectivity index is 1.88. The Morgan fingerprint density at radius 2 is 1.88 bits per heavy atom. The Morgan fingerprint density at radius 1 is 1.17 bits per heavy atom. The van der Waals surface area contributed by atoms with Crippen LogP contribution in [0.15, 0.2) is 60.5 Å². The zero-order chi connectivity index (χ0) is 16.9. The fraction of sp³-hybridized carbons (Fsp3) is 0.176. The highest BCUT2D eigenvalue weighted by molar-refractivity contribution is 5.63. The highest BCUT2D eigenvalue weighted by atomic mass is 16.7. The number of rotatable bonds is 6. The third-order valence-corrected chi connectivity index (χ3v) is 3.53. The van der Waals surface area contributed by atoms with Crippen molar-refractivity contribution in [3.05, 3.63) is 81.7 Å². The highest BCUT2D eigenvalue weighted by Gasteiger charge is 2.35. The summed E-state index contributed by atoms with van der Waals surface area (Å²) in [7, 11) is 1.57. The number of benzene rings is 2. The van der Waals surface area contributed by atoms with Crippen LogP contribution in [0.4, 0.5) is 0 Å². The SMILES string of the molecule is COc1ccc(C2=C(OCc3ccccc3)N([N+](=O)[O-])CO2)cc1. The van der Waals surface area contributed by atoms with E-state index in [1.807, 2.05) is 30.3 Å². The molecule has 0 radical (unpaired) electrons. The van der Waals surface area contributed by atoms with Gasteiger partial charge in [0.1, 0.15) is 12.4 Å². The third kappa shape index (κ3) is 3.24. The van der Waals surface area contributed by atoms with Gasteiger partial charge in [-0.05, 0) is 34.8 Å². The molecule has 0 amide bonds. The molecule has 7 nitrogen and oxygen atoms in total. The molecule has 3 rings (SSSR count). The topological polar surface area (TPSA) is 74.1 Å². The van der Waals surface area contributed by atoms with Crippen LogP contribution in [0.5, 0.6) is 5.75 Å². The minimum absolute atomic E-state index is 0.0917. The quantitative estimate of drug-likeness (QED) is 0.599. The summed E-state index contributed by atoms with van der Waals surface area (Å²) < 4.78 is 16.3. The highest BCUT2D eigenvalue weighted by Crippen LogP contribution is 2.31. The van der Waals surface area contributed by atoms with Crippen LogP contribution in [-0.2, 0) is 16.1 Å². The Kier molecular flexibility index (Phi) is 4.51. The van der Waals surface area contributed by atoms with E-state index in [0.29, 0.717) is 17.1 Å². The van der Waals surface area contributed by atoms with Crippen LogP contribution in [0.3, 0.4) is 0 Å². The summed E-state index contributed by atoms with van der Waals surface area (Å²) >= 11 is 0. The van der Waals surface area contributed by atoms with E-state index in [9.17, 15) is 10.1 Å². The fourth-order valence-corrected chi connectivity index (χ4v) is 2.30. The molecule has 0 saturated heterocycles. The van der Waals surface area contributed by atoms with Crippen molar-refractivity contribution in [2.24, 2.45) is 0 Å². The van der Waals surface area contributed by atoms with E-state index in [0.717, 1.165) is 10.6 Å². The zero-order valence-corrected chi connectivity index (χ0v) is 13.0. The largest absolute Gasteiger partial charge is 0.497 e. The Hall–Kier alpha value is -3.22. The van der Waals surface area contributed by atoms with Crippen molar-refractivity contribution in [3.63, 3.8) is 0 Å². The van der Waals surface area contributed by atoms with E-state index < -0.39 is 5.03 Å². The molecule has 0 spiro atoms. The Bertz CT molecular complexity index is 743. The first kappa shape index (κ1) is 15.7. The zero-order valence-electron chi connectivity index (χ0n) is 13.0. The summed E-state index contributed by atoms with van der Waals surface area (Å²) in [6, 6.07) is 16.5. The number of hydrogen-bond acceptors (Lipinski definition) is 5. The van der Waals surface area contributed by atoms with E-state index in [4.69, 9.17) is 14.2 Å². The molecule has 0 bridgehead atoms. The second-order valence-electron chi connectivity index (χ2n) is 5.05. The third-order valence-electron chi connectivity index (χ3n) is 3.53. The van der Waals surface area contributed by atoms with E-state index in [1.54, 1.807) is 31.4 Å². The lowest BCUT2D eigenvalue weighted by Crippen LogP contribution is -2.28. The van der Waals surface area contributed by atoms with Crippen LogP contribution in [0.25, 0.3) is 5.76 Å². The van der Waals surface area contributed by atoms with Gasteiger partial charge in [0.05, 0.1) is 7.11 Å². The normalized spacial score (nSPS) is 13.6. The number of hydrazine groups is 1. The molecule has 7 heteroatoms. The standard InChI is InChI=1S/C17H16N2O5/c1-22-15-9-7-14(8-10-15)16-17(18(12-24-16)19(20)21)23-11-13-5-3-2-4-6-13/h2-10H,11-12H2,1H3. The molecule has 124 valence electrons. The molecule has 0 aliphatic carbocycles. The summed E-state index contributed by atoms with van der Waals surface area (Å²) in [5, 5.41) is 11.5. The van der Waals surface area contributed by atoms with E-state index in [2.05, 4.69) is 0 Å². The monoisotopic (exact) mass is 328 g/mol. The first-order chi connectivity index (χ1) is 11.7. The lowest BCUT2D eigenvalue weighted by molar-refractivity contribution is -0.653. The van der Waals surface area contributed by atoms with Crippen LogP contribution >= 0.6 is 0 Å². The molecular formula is C17H16N2O5. The van der Waals surface area contributed by atoms with Crippen LogP contribution in [0.1, 0.15) is 11.1 Å². The predicted octanol–water partition coefficient (Wildman–Crippen LogP) is 3.02. The lowest BCUT2D eigenvalue weighted by atomic mass is 10.2. The molecule has 0 atom stereocenters. The van der Waals surface area contributed by atoms with Gasteiger partial charge in [-0.1, -0.05) is 30.3 Å². The average Bonchev–Trinajstić information content (AvgIpc) is 3.05. The fourth-order valence-electron chi connectivity index (χ4n) is 2.30. The van der Waals surface area contributed by atoms with Gasteiger partial charge in [0, 0.05) is 5.56 Å². The molecule has 2 aromatic carbocycles. The van der Waals surface area contributed by atoms with Crippen molar-refractivity contribution in [2.45, 2.75) is 6.61 Å². The van der Waals surface area contributed by atoms with Gasteiger partial charge in [-0.3, -0.25) is 0 Å². The van der Waals surface area contributed by atoms with Crippen molar-refractivity contribution in [1.82, 2.24) is 5.01 Å². The minimum Gasteiger partial charge on any atom is -0.497 e. The maximum Gasteiger partial charge on any atom is 0.300 e. The van der Waals surface area contributed by atoms with Gasteiger partial charge in [-0.15, -0.1) is 0 Å². The number of ether oxygens (including phenoxy) is 3. The Morgan fingerprint density at radius 3 is 2.50 bits per heavy atom. The molecule has 0 N–H and O–H groups in total. The van der Waals surface area contributed by atoms with Gasteiger partial charge in [0.25, 0.3) is 0 Å². The van der Waals surface area contributed by atoms with Crippen molar-refractivity contribution in [2.75, 3.05) is 13.8 Å². The summed E-state index contributed by atoms with van der Waals surface area (Å²) in [5.41, 5.74) is 1.59. The van der Waals surface area contributed by atoms with Crippen LogP contribution < -0.4 is 4.74 Å². The van der Waals surface area contributed by atoms with Gasteiger partial charge in [0.15, 0.2) is 10.8 Å². The Labute approximate surface area is 138 Å². The first-order valence-electron chi connectivity index (χ1n) is 7.29.